The third-order valence-electron chi connectivity index (χ3n) is 3.94. The zero-order chi connectivity index (χ0) is 12.1. The van der Waals surface area contributed by atoms with Crippen LogP contribution in [0, 0.1) is 5.92 Å². The van der Waals surface area contributed by atoms with E-state index < -0.39 is 0 Å². The van der Waals surface area contributed by atoms with Crippen molar-refractivity contribution in [2.45, 2.75) is 51.5 Å². The number of aryl methyl sites for hydroxylation is 1. The SMILES string of the molecule is CC1CCCCCC1NCCc1cnn(C)c1. The van der Waals surface area contributed by atoms with E-state index in [1.54, 1.807) is 0 Å². The van der Waals surface area contributed by atoms with Gasteiger partial charge < -0.3 is 5.32 Å². The summed E-state index contributed by atoms with van der Waals surface area (Å²) < 4.78 is 1.88. The molecule has 1 aliphatic carbocycles. The van der Waals surface area contributed by atoms with Gasteiger partial charge in [0.15, 0.2) is 0 Å². The third-order valence-corrected chi connectivity index (χ3v) is 3.94. The zero-order valence-corrected chi connectivity index (χ0v) is 11.2. The number of aromatic nitrogens is 2. The Balaban J connectivity index is 1.73. The maximum atomic E-state index is 4.20. The molecule has 96 valence electrons. The Morgan fingerprint density at radius 3 is 2.94 bits per heavy atom. The largest absolute Gasteiger partial charge is 0.313 e. The zero-order valence-electron chi connectivity index (χ0n) is 11.2. The fourth-order valence-corrected chi connectivity index (χ4v) is 2.80. The molecule has 1 saturated carbocycles. The molecule has 1 aromatic rings. The van der Waals surface area contributed by atoms with E-state index in [0.717, 1.165) is 24.9 Å². The first-order chi connectivity index (χ1) is 8.25. The molecule has 0 aromatic carbocycles. The van der Waals surface area contributed by atoms with Crippen LogP contribution >= 0.6 is 0 Å². The molecule has 1 N–H and O–H groups in total. The van der Waals surface area contributed by atoms with E-state index in [0.29, 0.717) is 0 Å². The lowest BCUT2D eigenvalue weighted by Crippen LogP contribution is -2.35. The summed E-state index contributed by atoms with van der Waals surface area (Å²) in [6.07, 6.45) is 12.2. The van der Waals surface area contributed by atoms with E-state index in [1.165, 1.54) is 37.7 Å². The molecule has 0 aliphatic heterocycles. The van der Waals surface area contributed by atoms with E-state index in [4.69, 9.17) is 0 Å². The van der Waals surface area contributed by atoms with E-state index in [1.807, 2.05) is 17.9 Å². The van der Waals surface area contributed by atoms with Crippen molar-refractivity contribution >= 4 is 0 Å². The summed E-state index contributed by atoms with van der Waals surface area (Å²) in [4.78, 5) is 0. The van der Waals surface area contributed by atoms with Gasteiger partial charge in [0.1, 0.15) is 0 Å². The lowest BCUT2D eigenvalue weighted by atomic mass is 9.97. The maximum absolute atomic E-state index is 4.20. The van der Waals surface area contributed by atoms with Crippen LogP contribution in [0.25, 0.3) is 0 Å². The molecule has 1 aliphatic rings. The molecule has 0 amide bonds. The van der Waals surface area contributed by atoms with Crippen molar-refractivity contribution in [3.05, 3.63) is 18.0 Å². The molecule has 1 aromatic heterocycles. The van der Waals surface area contributed by atoms with E-state index in [-0.39, 0.29) is 0 Å². The molecule has 0 radical (unpaired) electrons. The van der Waals surface area contributed by atoms with Crippen molar-refractivity contribution in [1.82, 2.24) is 15.1 Å². The van der Waals surface area contributed by atoms with Crippen molar-refractivity contribution < 1.29 is 0 Å². The van der Waals surface area contributed by atoms with Crippen molar-refractivity contribution in [1.29, 1.82) is 0 Å². The van der Waals surface area contributed by atoms with Crippen LogP contribution in [0.3, 0.4) is 0 Å². The Hall–Kier alpha value is -0.830. The average molecular weight is 235 g/mol. The lowest BCUT2D eigenvalue weighted by molar-refractivity contribution is 0.359. The molecule has 0 bridgehead atoms. The normalized spacial score (nSPS) is 25.8. The van der Waals surface area contributed by atoms with Gasteiger partial charge in [0.25, 0.3) is 0 Å². The van der Waals surface area contributed by atoms with Gasteiger partial charge in [-0.15, -0.1) is 0 Å². The van der Waals surface area contributed by atoms with Gasteiger partial charge in [-0.1, -0.05) is 26.2 Å². The van der Waals surface area contributed by atoms with Crippen LogP contribution in [0.4, 0.5) is 0 Å². The lowest BCUT2D eigenvalue weighted by Gasteiger charge is -2.22. The molecular formula is C14H25N3. The Bertz CT molecular complexity index is 332. The molecule has 2 unspecified atom stereocenters. The van der Waals surface area contributed by atoms with Gasteiger partial charge in [-0.25, -0.2) is 0 Å². The quantitative estimate of drug-likeness (QED) is 0.813. The van der Waals surface area contributed by atoms with E-state index >= 15 is 0 Å². The highest BCUT2D eigenvalue weighted by Crippen LogP contribution is 2.22. The van der Waals surface area contributed by atoms with Crippen LogP contribution in [0.15, 0.2) is 12.4 Å². The smallest absolute Gasteiger partial charge is 0.0522 e. The summed E-state index contributed by atoms with van der Waals surface area (Å²) in [5.74, 6) is 0.839. The molecule has 17 heavy (non-hydrogen) atoms. The fourth-order valence-electron chi connectivity index (χ4n) is 2.80. The molecule has 0 spiro atoms. The van der Waals surface area contributed by atoms with E-state index in [2.05, 4.69) is 23.5 Å². The van der Waals surface area contributed by atoms with Gasteiger partial charge in [-0.2, -0.15) is 5.10 Å². The molecule has 2 atom stereocenters. The third kappa shape index (κ3) is 3.84. The highest BCUT2D eigenvalue weighted by Gasteiger charge is 2.18. The highest BCUT2D eigenvalue weighted by atomic mass is 15.2. The molecular weight excluding hydrogens is 210 g/mol. The molecule has 3 nitrogen and oxygen atoms in total. The predicted molar refractivity (Wildman–Crippen MR) is 71.0 cm³/mol. The van der Waals surface area contributed by atoms with Gasteiger partial charge in [0.2, 0.25) is 0 Å². The number of hydrogen-bond acceptors (Lipinski definition) is 2. The second-order valence-electron chi connectivity index (χ2n) is 5.45. The van der Waals surface area contributed by atoms with Crippen LogP contribution in [0.5, 0.6) is 0 Å². The van der Waals surface area contributed by atoms with Crippen molar-refractivity contribution in [2.24, 2.45) is 13.0 Å². The summed E-state index contributed by atoms with van der Waals surface area (Å²) in [5, 5.41) is 7.93. The second kappa shape index (κ2) is 6.20. The molecule has 1 heterocycles. The number of nitrogens with one attached hydrogen (secondary N) is 1. The summed E-state index contributed by atoms with van der Waals surface area (Å²) in [5.41, 5.74) is 1.33. The topological polar surface area (TPSA) is 29.9 Å². The van der Waals surface area contributed by atoms with Crippen molar-refractivity contribution in [3.8, 4) is 0 Å². The van der Waals surface area contributed by atoms with E-state index in [9.17, 15) is 0 Å². The Labute approximate surface area is 105 Å². The first-order valence-corrected chi connectivity index (χ1v) is 6.96. The first kappa shape index (κ1) is 12.6. The minimum Gasteiger partial charge on any atom is -0.313 e. The molecule has 0 saturated heterocycles. The monoisotopic (exact) mass is 235 g/mol. The van der Waals surface area contributed by atoms with Crippen LogP contribution in [0.1, 0.15) is 44.6 Å². The van der Waals surface area contributed by atoms with Gasteiger partial charge in [-0.3, -0.25) is 4.68 Å². The van der Waals surface area contributed by atoms with Gasteiger partial charge in [0.05, 0.1) is 6.20 Å². The number of nitrogens with zero attached hydrogens (tertiary/aromatic N) is 2. The van der Waals surface area contributed by atoms with Crippen LogP contribution in [-0.4, -0.2) is 22.4 Å². The number of hydrogen-bond donors (Lipinski definition) is 1. The predicted octanol–water partition coefficient (Wildman–Crippen LogP) is 2.52. The van der Waals surface area contributed by atoms with Crippen molar-refractivity contribution in [3.63, 3.8) is 0 Å². The summed E-state index contributed by atoms with van der Waals surface area (Å²) in [7, 11) is 1.98. The first-order valence-electron chi connectivity index (χ1n) is 6.96. The summed E-state index contributed by atoms with van der Waals surface area (Å²) >= 11 is 0. The van der Waals surface area contributed by atoms with Gasteiger partial charge >= 0.3 is 0 Å². The Kier molecular flexibility index (Phi) is 4.60. The van der Waals surface area contributed by atoms with Crippen LogP contribution < -0.4 is 5.32 Å². The molecule has 2 rings (SSSR count). The average Bonchev–Trinajstić information content (AvgIpc) is 2.61. The fraction of sp³-hybridized carbons (Fsp3) is 0.786. The van der Waals surface area contributed by atoms with Crippen LogP contribution in [-0.2, 0) is 13.5 Å². The van der Waals surface area contributed by atoms with Crippen molar-refractivity contribution in [2.75, 3.05) is 6.54 Å². The highest BCUT2D eigenvalue weighted by molar-refractivity contribution is 5.04. The summed E-state index contributed by atoms with van der Waals surface area (Å²) in [6.45, 7) is 3.48. The minimum atomic E-state index is 0.731. The molecule has 3 heteroatoms. The summed E-state index contributed by atoms with van der Waals surface area (Å²) in [6, 6.07) is 0.731. The minimum absolute atomic E-state index is 0.731. The number of rotatable bonds is 4. The van der Waals surface area contributed by atoms with Gasteiger partial charge in [0, 0.05) is 19.3 Å². The maximum Gasteiger partial charge on any atom is 0.0522 e. The Morgan fingerprint density at radius 1 is 1.35 bits per heavy atom. The Morgan fingerprint density at radius 2 is 2.18 bits per heavy atom. The molecule has 1 fully saturated rings. The standard InChI is InChI=1S/C14H25N3/c1-12-6-4-3-5-7-14(12)15-9-8-13-10-16-17(2)11-13/h10-12,14-15H,3-9H2,1-2H3. The second-order valence-corrected chi connectivity index (χ2v) is 5.45. The van der Waals surface area contributed by atoms with Gasteiger partial charge in [-0.05, 0) is 37.3 Å². The van der Waals surface area contributed by atoms with Crippen LogP contribution in [0.2, 0.25) is 0 Å².